The van der Waals surface area contributed by atoms with Gasteiger partial charge in [-0.25, -0.2) is 4.98 Å². The first-order valence-electron chi connectivity index (χ1n) is 8.25. The molecule has 7 heteroatoms. The number of alkyl halides is 3. The summed E-state index contributed by atoms with van der Waals surface area (Å²) in [5, 5.41) is 4.09. The second-order valence-corrected chi connectivity index (χ2v) is 6.14. The van der Waals surface area contributed by atoms with E-state index >= 15 is 0 Å². The number of rotatable bonds is 3. The van der Waals surface area contributed by atoms with Gasteiger partial charge in [-0.15, -0.1) is 0 Å². The Bertz CT molecular complexity index is 1100. The first kappa shape index (κ1) is 17.1. The van der Waals surface area contributed by atoms with E-state index in [4.69, 9.17) is 0 Å². The lowest BCUT2D eigenvalue weighted by Gasteiger charge is -2.11. The minimum Gasteiger partial charge on any atom is -0.339 e. The molecule has 0 radical (unpaired) electrons. The van der Waals surface area contributed by atoms with Crippen LogP contribution >= 0.6 is 0 Å². The van der Waals surface area contributed by atoms with Crippen molar-refractivity contribution in [2.75, 3.05) is 5.32 Å². The summed E-state index contributed by atoms with van der Waals surface area (Å²) in [5.74, 6) is 1.08. The number of fused-ring (bicyclic) bond motifs is 1. The molecular weight excluding hydrogens is 353 g/mol. The molecular formula is C20H15F3N4. The second kappa shape index (κ2) is 6.42. The molecule has 0 bridgehead atoms. The molecule has 0 amide bonds. The Labute approximate surface area is 153 Å². The quantitative estimate of drug-likeness (QED) is 0.520. The van der Waals surface area contributed by atoms with Gasteiger partial charge in [0.2, 0.25) is 0 Å². The number of nitrogens with one attached hydrogen (secondary N) is 1. The van der Waals surface area contributed by atoms with Gasteiger partial charge in [-0.05, 0) is 43.3 Å². The Morgan fingerprint density at radius 3 is 2.44 bits per heavy atom. The number of nitrogens with zero attached hydrogens (tertiary/aromatic N) is 3. The highest BCUT2D eigenvalue weighted by molar-refractivity contribution is 5.82. The fraction of sp³-hybridized carbons (Fsp3) is 0.100. The molecule has 4 rings (SSSR count). The number of hydrogen-bond donors (Lipinski definition) is 1. The number of aryl methyl sites for hydroxylation is 1. The predicted octanol–water partition coefficient (Wildman–Crippen LogP) is 5.49. The van der Waals surface area contributed by atoms with Crippen LogP contribution in [0.5, 0.6) is 0 Å². The van der Waals surface area contributed by atoms with Crippen LogP contribution in [0.15, 0.2) is 67.0 Å². The summed E-state index contributed by atoms with van der Waals surface area (Å²) in [6.07, 6.45) is -1.18. The van der Waals surface area contributed by atoms with Crippen LogP contribution in [-0.4, -0.2) is 14.5 Å². The van der Waals surface area contributed by atoms with Crippen molar-refractivity contribution < 1.29 is 13.2 Å². The van der Waals surface area contributed by atoms with Gasteiger partial charge in [0.1, 0.15) is 0 Å². The zero-order valence-electron chi connectivity index (χ0n) is 14.3. The van der Waals surface area contributed by atoms with Crippen LogP contribution in [0.2, 0.25) is 0 Å². The monoisotopic (exact) mass is 368 g/mol. The minimum atomic E-state index is -4.36. The summed E-state index contributed by atoms with van der Waals surface area (Å²) in [7, 11) is 0. The largest absolute Gasteiger partial charge is 0.416 e. The third-order valence-electron chi connectivity index (χ3n) is 4.23. The maximum Gasteiger partial charge on any atom is 0.416 e. The van der Waals surface area contributed by atoms with Crippen molar-refractivity contribution in [3.8, 4) is 5.82 Å². The molecule has 2 aromatic carbocycles. The van der Waals surface area contributed by atoms with E-state index in [1.165, 1.54) is 18.3 Å². The SMILES string of the molecule is Cc1cc2ccccc2n1-c1cncc(Nc2ccc(C(F)(F)F)cc2)n1. The highest BCUT2D eigenvalue weighted by Gasteiger charge is 2.29. The molecule has 4 aromatic rings. The molecule has 0 spiro atoms. The summed E-state index contributed by atoms with van der Waals surface area (Å²) in [5.41, 5.74) is 1.83. The average Bonchev–Trinajstić information content (AvgIpc) is 2.97. The maximum absolute atomic E-state index is 12.7. The van der Waals surface area contributed by atoms with E-state index < -0.39 is 11.7 Å². The van der Waals surface area contributed by atoms with Crippen LogP contribution in [0.25, 0.3) is 16.7 Å². The van der Waals surface area contributed by atoms with Crippen LogP contribution < -0.4 is 5.32 Å². The average molecular weight is 368 g/mol. The summed E-state index contributed by atoms with van der Waals surface area (Å²) < 4.78 is 40.0. The van der Waals surface area contributed by atoms with Crippen LogP contribution in [0, 0.1) is 6.92 Å². The van der Waals surface area contributed by atoms with E-state index in [2.05, 4.69) is 21.4 Å². The van der Waals surface area contributed by atoms with Crippen molar-refractivity contribution in [3.05, 3.63) is 78.2 Å². The van der Waals surface area contributed by atoms with Crippen molar-refractivity contribution in [1.29, 1.82) is 0 Å². The van der Waals surface area contributed by atoms with Crippen molar-refractivity contribution in [2.24, 2.45) is 0 Å². The number of para-hydroxylation sites is 1. The Hall–Kier alpha value is -3.35. The molecule has 0 saturated heterocycles. The van der Waals surface area contributed by atoms with E-state index in [0.29, 0.717) is 17.3 Å². The van der Waals surface area contributed by atoms with Gasteiger partial charge in [-0.2, -0.15) is 13.2 Å². The van der Waals surface area contributed by atoms with Crippen LogP contribution in [0.3, 0.4) is 0 Å². The fourth-order valence-corrected chi connectivity index (χ4v) is 3.01. The lowest BCUT2D eigenvalue weighted by molar-refractivity contribution is -0.137. The third kappa shape index (κ3) is 3.36. The van der Waals surface area contributed by atoms with Gasteiger partial charge in [0, 0.05) is 16.8 Å². The zero-order chi connectivity index (χ0) is 19.0. The van der Waals surface area contributed by atoms with Gasteiger partial charge in [0.05, 0.1) is 23.5 Å². The molecule has 0 fully saturated rings. The topological polar surface area (TPSA) is 42.7 Å². The van der Waals surface area contributed by atoms with E-state index in [9.17, 15) is 13.2 Å². The van der Waals surface area contributed by atoms with Crippen LogP contribution in [0.4, 0.5) is 24.7 Å². The first-order valence-corrected chi connectivity index (χ1v) is 8.25. The van der Waals surface area contributed by atoms with Crippen molar-refractivity contribution >= 4 is 22.4 Å². The molecule has 4 nitrogen and oxygen atoms in total. The van der Waals surface area contributed by atoms with Crippen LogP contribution in [-0.2, 0) is 6.18 Å². The van der Waals surface area contributed by atoms with Gasteiger partial charge >= 0.3 is 6.18 Å². The molecule has 0 aliphatic rings. The predicted molar refractivity (Wildman–Crippen MR) is 98.3 cm³/mol. The van der Waals surface area contributed by atoms with Crippen LogP contribution in [0.1, 0.15) is 11.3 Å². The van der Waals surface area contributed by atoms with E-state index in [0.717, 1.165) is 28.7 Å². The van der Waals surface area contributed by atoms with E-state index in [1.807, 2.05) is 35.8 Å². The number of halogens is 3. The van der Waals surface area contributed by atoms with Gasteiger partial charge < -0.3 is 5.32 Å². The fourth-order valence-electron chi connectivity index (χ4n) is 3.01. The summed E-state index contributed by atoms with van der Waals surface area (Å²) in [6.45, 7) is 1.98. The Balaban J connectivity index is 1.66. The Kier molecular flexibility index (Phi) is 4.07. The molecule has 1 N–H and O–H groups in total. The summed E-state index contributed by atoms with van der Waals surface area (Å²) >= 11 is 0. The summed E-state index contributed by atoms with van der Waals surface area (Å²) in [6, 6.07) is 14.8. The standard InChI is InChI=1S/C20H15F3N4/c1-13-10-14-4-2-3-5-17(14)27(13)19-12-24-11-18(26-19)25-16-8-6-15(7-9-16)20(21,22)23/h2-12H,1H3,(H,25,26). The maximum atomic E-state index is 12.7. The number of anilines is 2. The molecule has 0 unspecified atom stereocenters. The van der Waals surface area contributed by atoms with Gasteiger partial charge in [-0.1, -0.05) is 18.2 Å². The van der Waals surface area contributed by atoms with Gasteiger partial charge in [0.15, 0.2) is 11.6 Å². The molecule has 0 saturated carbocycles. The van der Waals surface area contributed by atoms with Gasteiger partial charge in [-0.3, -0.25) is 9.55 Å². The normalized spacial score (nSPS) is 11.7. The summed E-state index contributed by atoms with van der Waals surface area (Å²) in [4.78, 5) is 8.78. The lowest BCUT2D eigenvalue weighted by atomic mass is 10.2. The molecule has 2 heterocycles. The Morgan fingerprint density at radius 2 is 1.70 bits per heavy atom. The molecule has 136 valence electrons. The minimum absolute atomic E-state index is 0.449. The second-order valence-electron chi connectivity index (χ2n) is 6.14. The van der Waals surface area contributed by atoms with E-state index in [1.54, 1.807) is 6.20 Å². The van der Waals surface area contributed by atoms with Gasteiger partial charge in [0.25, 0.3) is 0 Å². The smallest absolute Gasteiger partial charge is 0.339 e. The number of benzene rings is 2. The molecule has 0 aliphatic heterocycles. The number of aromatic nitrogens is 3. The first-order chi connectivity index (χ1) is 12.9. The highest BCUT2D eigenvalue weighted by Crippen LogP contribution is 2.30. The zero-order valence-corrected chi connectivity index (χ0v) is 14.3. The van der Waals surface area contributed by atoms with E-state index in [-0.39, 0.29) is 0 Å². The van der Waals surface area contributed by atoms with Crippen molar-refractivity contribution in [3.63, 3.8) is 0 Å². The highest BCUT2D eigenvalue weighted by atomic mass is 19.4. The molecule has 0 atom stereocenters. The van der Waals surface area contributed by atoms with Crippen molar-refractivity contribution in [2.45, 2.75) is 13.1 Å². The van der Waals surface area contributed by atoms with Crippen molar-refractivity contribution in [1.82, 2.24) is 14.5 Å². The molecule has 2 aromatic heterocycles. The number of hydrogen-bond acceptors (Lipinski definition) is 3. The molecule has 0 aliphatic carbocycles. The lowest BCUT2D eigenvalue weighted by Crippen LogP contribution is -2.05. The Morgan fingerprint density at radius 1 is 0.963 bits per heavy atom. The third-order valence-corrected chi connectivity index (χ3v) is 4.23. The molecule has 27 heavy (non-hydrogen) atoms.